The Morgan fingerprint density at radius 3 is 2.23 bits per heavy atom. The van der Waals surface area contributed by atoms with Gasteiger partial charge in [-0.1, -0.05) is 56.1 Å². The number of aromatic amines is 1. The van der Waals surface area contributed by atoms with Gasteiger partial charge in [0.25, 0.3) is 0 Å². The summed E-state index contributed by atoms with van der Waals surface area (Å²) in [5.74, 6) is 1.00. The van der Waals surface area contributed by atoms with Crippen molar-refractivity contribution in [1.29, 1.82) is 0 Å². The van der Waals surface area contributed by atoms with E-state index >= 15 is 0 Å². The van der Waals surface area contributed by atoms with Crippen molar-refractivity contribution in [3.05, 3.63) is 80.8 Å². The zero-order valence-corrected chi connectivity index (χ0v) is 25.0. The van der Waals surface area contributed by atoms with Crippen LogP contribution in [0.15, 0.2) is 48.5 Å². The summed E-state index contributed by atoms with van der Waals surface area (Å²) in [5.41, 5.74) is 6.85. The first-order valence-electron chi connectivity index (χ1n) is 13.9. The Kier molecular flexibility index (Phi) is 6.74. The SMILES string of the molecule is CC1(C)C=Cc2c(c(CN3CCN(Cc4c(Cl)cccc4Cl)CC3)cc3c2[nH]c2ccc(C(C)(C)C)cc23)O1. The van der Waals surface area contributed by atoms with E-state index in [9.17, 15) is 0 Å². The van der Waals surface area contributed by atoms with Crippen molar-refractivity contribution >= 4 is 51.1 Å². The zero-order valence-electron chi connectivity index (χ0n) is 23.5. The van der Waals surface area contributed by atoms with Crippen molar-refractivity contribution in [2.45, 2.75) is 58.7 Å². The van der Waals surface area contributed by atoms with Gasteiger partial charge in [0, 0.05) is 82.3 Å². The highest BCUT2D eigenvalue weighted by Gasteiger charge is 2.29. The Morgan fingerprint density at radius 1 is 0.897 bits per heavy atom. The smallest absolute Gasteiger partial charge is 0.134 e. The Balaban J connectivity index is 1.31. The van der Waals surface area contributed by atoms with Gasteiger partial charge in [0.1, 0.15) is 11.4 Å². The van der Waals surface area contributed by atoms with E-state index in [1.54, 1.807) is 0 Å². The maximum Gasteiger partial charge on any atom is 0.134 e. The number of halogens is 2. The second-order valence-electron chi connectivity index (χ2n) is 12.6. The van der Waals surface area contributed by atoms with Crippen LogP contribution in [0.2, 0.25) is 10.0 Å². The third-order valence-corrected chi connectivity index (χ3v) is 8.86. The predicted octanol–water partition coefficient (Wildman–Crippen LogP) is 8.43. The van der Waals surface area contributed by atoms with Gasteiger partial charge < -0.3 is 9.72 Å². The van der Waals surface area contributed by atoms with Crippen LogP contribution in [0, 0.1) is 0 Å². The standard InChI is InChI=1S/C33H37Cl2N3O/c1-32(2,3)22-9-10-29-24(18-22)25-17-21(31-23(30(25)36-29)11-12-33(4,5)39-31)19-37-13-15-38(16-14-37)20-26-27(34)7-6-8-28(26)35/h6-12,17-18,36H,13-16,19-20H2,1-5H3. The molecular formula is C33H37Cl2N3O. The van der Waals surface area contributed by atoms with E-state index in [-0.39, 0.29) is 11.0 Å². The van der Waals surface area contributed by atoms with Gasteiger partial charge in [0.05, 0.1) is 5.52 Å². The number of H-pyrrole nitrogens is 1. The Labute approximate surface area is 241 Å². The lowest BCUT2D eigenvalue weighted by atomic mass is 9.86. The molecule has 39 heavy (non-hydrogen) atoms. The van der Waals surface area contributed by atoms with Crippen molar-refractivity contribution in [3.8, 4) is 5.75 Å². The molecule has 0 amide bonds. The molecular weight excluding hydrogens is 525 g/mol. The van der Waals surface area contributed by atoms with Crippen LogP contribution in [0.3, 0.4) is 0 Å². The molecule has 1 fully saturated rings. The van der Waals surface area contributed by atoms with Crippen LogP contribution < -0.4 is 4.74 Å². The van der Waals surface area contributed by atoms with E-state index < -0.39 is 0 Å². The minimum atomic E-state index is -0.340. The Morgan fingerprint density at radius 2 is 1.56 bits per heavy atom. The van der Waals surface area contributed by atoms with Gasteiger partial charge in [-0.3, -0.25) is 9.80 Å². The Hall–Kier alpha value is -2.50. The van der Waals surface area contributed by atoms with E-state index in [1.807, 2.05) is 18.2 Å². The summed E-state index contributed by atoms with van der Waals surface area (Å²) in [5, 5.41) is 4.03. The molecule has 2 aliphatic heterocycles. The summed E-state index contributed by atoms with van der Waals surface area (Å²) in [6.45, 7) is 16.6. The third kappa shape index (κ3) is 5.20. The normalized spacial score (nSPS) is 18.0. The van der Waals surface area contributed by atoms with Crippen LogP contribution in [0.1, 0.15) is 56.9 Å². The molecule has 2 aliphatic rings. The maximum atomic E-state index is 6.63. The highest BCUT2D eigenvalue weighted by Crippen LogP contribution is 2.42. The molecule has 0 unspecified atom stereocenters. The molecule has 1 saturated heterocycles. The molecule has 6 rings (SSSR count). The summed E-state index contributed by atoms with van der Waals surface area (Å²) in [6, 6.07) is 14.9. The summed E-state index contributed by atoms with van der Waals surface area (Å²) >= 11 is 12.9. The molecule has 0 bridgehead atoms. The first-order chi connectivity index (χ1) is 18.5. The molecule has 3 aromatic carbocycles. The fraction of sp³-hybridized carbons (Fsp3) is 0.394. The number of fused-ring (bicyclic) bond motifs is 5. The molecule has 0 atom stereocenters. The van der Waals surface area contributed by atoms with Gasteiger partial charge >= 0.3 is 0 Å². The zero-order chi connectivity index (χ0) is 27.5. The Bertz CT molecular complexity index is 1570. The number of hydrogen-bond acceptors (Lipinski definition) is 3. The average molecular weight is 563 g/mol. The summed E-state index contributed by atoms with van der Waals surface area (Å²) in [7, 11) is 0. The minimum absolute atomic E-state index is 0.0930. The molecule has 0 radical (unpaired) electrons. The quantitative estimate of drug-likeness (QED) is 0.271. The van der Waals surface area contributed by atoms with Gasteiger partial charge in [-0.05, 0) is 67.3 Å². The molecule has 6 heteroatoms. The highest BCUT2D eigenvalue weighted by molar-refractivity contribution is 6.36. The van der Waals surface area contributed by atoms with Gasteiger partial charge in [0.15, 0.2) is 0 Å². The van der Waals surface area contributed by atoms with E-state index in [0.29, 0.717) is 0 Å². The van der Waals surface area contributed by atoms with Crippen molar-refractivity contribution in [1.82, 2.24) is 14.8 Å². The van der Waals surface area contributed by atoms with Gasteiger partial charge in [-0.25, -0.2) is 0 Å². The van der Waals surface area contributed by atoms with Crippen LogP contribution in [0.4, 0.5) is 0 Å². The largest absolute Gasteiger partial charge is 0.483 e. The predicted molar refractivity (Wildman–Crippen MR) is 165 cm³/mol. The lowest BCUT2D eigenvalue weighted by Crippen LogP contribution is -2.45. The molecule has 4 nitrogen and oxygen atoms in total. The number of aromatic nitrogens is 1. The maximum absolute atomic E-state index is 6.63. The summed E-state index contributed by atoms with van der Waals surface area (Å²) in [4.78, 5) is 8.69. The molecule has 4 aromatic rings. The second-order valence-corrected chi connectivity index (χ2v) is 13.4. The molecule has 1 aromatic heterocycles. The number of rotatable bonds is 4. The fourth-order valence-corrected chi connectivity index (χ4v) is 6.32. The van der Waals surface area contributed by atoms with Crippen molar-refractivity contribution in [2.75, 3.05) is 26.2 Å². The lowest BCUT2D eigenvalue weighted by molar-refractivity contribution is 0.117. The second kappa shape index (κ2) is 9.85. The van der Waals surface area contributed by atoms with Crippen LogP contribution in [-0.4, -0.2) is 46.6 Å². The van der Waals surface area contributed by atoms with E-state index in [4.69, 9.17) is 27.9 Å². The number of nitrogens with one attached hydrogen (secondary N) is 1. The first kappa shape index (κ1) is 26.7. The highest BCUT2D eigenvalue weighted by atomic mass is 35.5. The molecule has 1 N–H and O–H groups in total. The first-order valence-corrected chi connectivity index (χ1v) is 14.6. The van der Waals surface area contributed by atoms with Crippen molar-refractivity contribution in [2.24, 2.45) is 0 Å². The molecule has 204 valence electrons. The van der Waals surface area contributed by atoms with Crippen LogP contribution in [0.25, 0.3) is 27.9 Å². The molecule has 0 spiro atoms. The van der Waals surface area contributed by atoms with Crippen LogP contribution in [-0.2, 0) is 18.5 Å². The van der Waals surface area contributed by atoms with Gasteiger partial charge in [-0.2, -0.15) is 0 Å². The monoisotopic (exact) mass is 561 g/mol. The van der Waals surface area contributed by atoms with Gasteiger partial charge in [-0.15, -0.1) is 0 Å². The number of benzene rings is 3. The van der Waals surface area contributed by atoms with E-state index in [2.05, 4.69) is 85.8 Å². The number of nitrogens with zero attached hydrogens (tertiary/aromatic N) is 2. The number of piperazine rings is 1. The van der Waals surface area contributed by atoms with Crippen LogP contribution in [0.5, 0.6) is 5.75 Å². The number of hydrogen-bond donors (Lipinski definition) is 1. The summed E-state index contributed by atoms with van der Waals surface area (Å²) < 4.78 is 6.63. The molecule has 0 aliphatic carbocycles. The van der Waals surface area contributed by atoms with E-state index in [1.165, 1.54) is 27.4 Å². The average Bonchev–Trinajstić information content (AvgIpc) is 3.24. The summed E-state index contributed by atoms with van der Waals surface area (Å²) in [6.07, 6.45) is 4.42. The molecule has 3 heterocycles. The number of ether oxygens (including phenoxy) is 1. The topological polar surface area (TPSA) is 31.5 Å². The van der Waals surface area contributed by atoms with Crippen molar-refractivity contribution in [3.63, 3.8) is 0 Å². The van der Waals surface area contributed by atoms with Crippen molar-refractivity contribution < 1.29 is 4.74 Å². The fourth-order valence-electron chi connectivity index (χ4n) is 5.80. The van der Waals surface area contributed by atoms with Crippen LogP contribution >= 0.6 is 23.2 Å². The lowest BCUT2D eigenvalue weighted by Gasteiger charge is -2.36. The minimum Gasteiger partial charge on any atom is -0.483 e. The molecule has 0 saturated carbocycles. The third-order valence-electron chi connectivity index (χ3n) is 8.15. The van der Waals surface area contributed by atoms with Gasteiger partial charge in [0.2, 0.25) is 0 Å². The van der Waals surface area contributed by atoms with E-state index in [0.717, 1.165) is 71.7 Å².